The van der Waals surface area contributed by atoms with Crippen molar-refractivity contribution in [3.63, 3.8) is 0 Å². The zero-order chi connectivity index (χ0) is 20.7. The molecule has 1 amide bonds. The Labute approximate surface area is 171 Å². The van der Waals surface area contributed by atoms with E-state index in [1.54, 1.807) is 12.5 Å². The third kappa shape index (κ3) is 3.11. The average Bonchev–Trinajstić information content (AvgIpc) is 3.50. The highest BCUT2D eigenvalue weighted by atomic mass is 16.5. The number of fused-ring (bicyclic) bond motifs is 1. The average molecular weight is 405 g/mol. The Kier molecular flexibility index (Phi) is 4.31. The first kappa shape index (κ1) is 18.1. The van der Waals surface area contributed by atoms with E-state index in [1.165, 1.54) is 11.2 Å². The standard InChI is InChI=1S/C20H19N7O3/c1-25-17(13-2-4-14(5-3-13)27-9-7-21-12-27)24-16-18(25)22-11-23-19(16)30-15-6-8-26(10-15)20(28)29/h2-5,7,9,11-12,15H,6,8,10H2,1H3,(H,28,29)/t15-/m0/s1. The summed E-state index contributed by atoms with van der Waals surface area (Å²) in [5.41, 5.74) is 3.15. The van der Waals surface area contributed by atoms with Crippen molar-refractivity contribution in [2.24, 2.45) is 7.05 Å². The molecule has 0 saturated carbocycles. The van der Waals surface area contributed by atoms with Gasteiger partial charge in [-0.25, -0.2) is 19.7 Å². The second kappa shape index (κ2) is 7.14. The van der Waals surface area contributed by atoms with E-state index in [0.29, 0.717) is 36.6 Å². The fourth-order valence-corrected chi connectivity index (χ4v) is 3.67. The summed E-state index contributed by atoms with van der Waals surface area (Å²) < 4.78 is 9.82. The minimum absolute atomic E-state index is 0.251. The van der Waals surface area contributed by atoms with E-state index in [1.807, 2.05) is 46.6 Å². The molecule has 3 aromatic heterocycles. The van der Waals surface area contributed by atoms with Gasteiger partial charge in [0, 0.05) is 43.7 Å². The molecule has 0 bridgehead atoms. The van der Waals surface area contributed by atoms with Gasteiger partial charge in [-0.05, 0) is 24.3 Å². The van der Waals surface area contributed by atoms with Gasteiger partial charge in [0.05, 0.1) is 12.9 Å². The van der Waals surface area contributed by atoms with Gasteiger partial charge in [0.1, 0.15) is 18.3 Å². The van der Waals surface area contributed by atoms with E-state index in [-0.39, 0.29) is 6.10 Å². The zero-order valence-corrected chi connectivity index (χ0v) is 16.2. The Morgan fingerprint density at radius 2 is 2.07 bits per heavy atom. The summed E-state index contributed by atoms with van der Waals surface area (Å²) in [6, 6.07) is 7.98. The second-order valence-corrected chi connectivity index (χ2v) is 7.12. The molecule has 0 unspecified atom stereocenters. The molecule has 0 aliphatic carbocycles. The number of imidazole rings is 2. The van der Waals surface area contributed by atoms with Crippen LogP contribution < -0.4 is 4.74 Å². The van der Waals surface area contributed by atoms with Gasteiger partial charge >= 0.3 is 6.09 Å². The van der Waals surface area contributed by atoms with Crippen molar-refractivity contribution in [3.05, 3.63) is 49.3 Å². The Balaban J connectivity index is 1.45. The molecule has 4 heterocycles. The summed E-state index contributed by atoms with van der Waals surface area (Å²) >= 11 is 0. The van der Waals surface area contributed by atoms with Crippen LogP contribution in [0.3, 0.4) is 0 Å². The summed E-state index contributed by atoms with van der Waals surface area (Å²) in [6.45, 7) is 0.765. The minimum Gasteiger partial charge on any atom is -0.471 e. The van der Waals surface area contributed by atoms with Crippen molar-refractivity contribution in [1.82, 2.24) is 34.0 Å². The third-order valence-corrected chi connectivity index (χ3v) is 5.24. The lowest BCUT2D eigenvalue weighted by molar-refractivity contribution is 0.145. The van der Waals surface area contributed by atoms with Gasteiger partial charge in [0.15, 0.2) is 11.2 Å². The van der Waals surface area contributed by atoms with Crippen LogP contribution in [0.4, 0.5) is 4.79 Å². The van der Waals surface area contributed by atoms with Crippen LogP contribution in [0.1, 0.15) is 6.42 Å². The number of likely N-dealkylation sites (tertiary alicyclic amines) is 1. The van der Waals surface area contributed by atoms with Gasteiger partial charge in [-0.3, -0.25) is 0 Å². The first-order chi connectivity index (χ1) is 14.6. The zero-order valence-electron chi connectivity index (χ0n) is 16.2. The number of amides is 1. The van der Waals surface area contributed by atoms with Crippen molar-refractivity contribution in [2.45, 2.75) is 12.5 Å². The normalized spacial score (nSPS) is 16.3. The maximum Gasteiger partial charge on any atom is 0.407 e. The van der Waals surface area contributed by atoms with E-state index in [4.69, 9.17) is 14.8 Å². The van der Waals surface area contributed by atoms with Crippen LogP contribution in [-0.2, 0) is 7.05 Å². The van der Waals surface area contributed by atoms with E-state index in [0.717, 1.165) is 17.1 Å². The van der Waals surface area contributed by atoms with Gasteiger partial charge < -0.3 is 23.9 Å². The molecule has 1 aliphatic heterocycles. The Morgan fingerprint density at radius 1 is 1.23 bits per heavy atom. The molecule has 1 aromatic carbocycles. The Morgan fingerprint density at radius 3 is 2.77 bits per heavy atom. The van der Waals surface area contributed by atoms with E-state index in [9.17, 15) is 4.79 Å². The van der Waals surface area contributed by atoms with Crippen molar-refractivity contribution in [2.75, 3.05) is 13.1 Å². The molecule has 30 heavy (non-hydrogen) atoms. The number of carbonyl (C=O) groups is 1. The maximum absolute atomic E-state index is 11.1. The van der Waals surface area contributed by atoms with Crippen LogP contribution in [0, 0.1) is 0 Å². The second-order valence-electron chi connectivity index (χ2n) is 7.12. The number of ether oxygens (including phenoxy) is 1. The summed E-state index contributed by atoms with van der Waals surface area (Å²) in [7, 11) is 1.90. The summed E-state index contributed by atoms with van der Waals surface area (Å²) in [4.78, 5) is 29.9. The number of hydrogen-bond donors (Lipinski definition) is 1. The molecule has 1 atom stereocenters. The number of aromatic nitrogens is 6. The number of nitrogens with zero attached hydrogens (tertiary/aromatic N) is 7. The predicted molar refractivity (Wildman–Crippen MR) is 107 cm³/mol. The highest BCUT2D eigenvalue weighted by molar-refractivity contribution is 5.81. The molecular weight excluding hydrogens is 386 g/mol. The molecule has 10 heteroatoms. The van der Waals surface area contributed by atoms with Gasteiger partial charge in [0.25, 0.3) is 0 Å². The summed E-state index contributed by atoms with van der Waals surface area (Å²) in [5, 5.41) is 9.14. The van der Waals surface area contributed by atoms with Crippen LogP contribution in [0.25, 0.3) is 28.2 Å². The molecule has 1 saturated heterocycles. The number of aryl methyl sites for hydroxylation is 1. The van der Waals surface area contributed by atoms with Crippen LogP contribution in [0.15, 0.2) is 49.3 Å². The molecule has 0 spiro atoms. The van der Waals surface area contributed by atoms with Gasteiger partial charge in [-0.1, -0.05) is 0 Å². The number of benzene rings is 1. The quantitative estimate of drug-likeness (QED) is 0.555. The lowest BCUT2D eigenvalue weighted by Gasteiger charge is -2.13. The molecule has 0 radical (unpaired) electrons. The van der Waals surface area contributed by atoms with Crippen LogP contribution in [-0.4, -0.2) is 64.4 Å². The van der Waals surface area contributed by atoms with Crippen molar-refractivity contribution >= 4 is 17.3 Å². The van der Waals surface area contributed by atoms with Crippen LogP contribution in [0.2, 0.25) is 0 Å². The predicted octanol–water partition coefficient (Wildman–Crippen LogP) is 2.35. The third-order valence-electron chi connectivity index (χ3n) is 5.24. The molecule has 1 fully saturated rings. The van der Waals surface area contributed by atoms with Gasteiger partial charge in [0.2, 0.25) is 5.88 Å². The highest BCUT2D eigenvalue weighted by Crippen LogP contribution is 2.29. The first-order valence-electron chi connectivity index (χ1n) is 9.51. The Bertz CT molecular complexity index is 1200. The van der Waals surface area contributed by atoms with Crippen LogP contribution in [0.5, 0.6) is 5.88 Å². The van der Waals surface area contributed by atoms with E-state index >= 15 is 0 Å². The minimum atomic E-state index is -0.937. The monoisotopic (exact) mass is 405 g/mol. The van der Waals surface area contributed by atoms with Gasteiger partial charge in [-0.2, -0.15) is 4.98 Å². The molecule has 10 nitrogen and oxygen atoms in total. The topological polar surface area (TPSA) is 111 Å². The fourth-order valence-electron chi connectivity index (χ4n) is 3.67. The molecule has 1 aliphatic rings. The number of hydrogen-bond acceptors (Lipinski definition) is 6. The molecular formula is C20H19N7O3. The van der Waals surface area contributed by atoms with Crippen molar-refractivity contribution in [3.8, 4) is 23.0 Å². The smallest absolute Gasteiger partial charge is 0.407 e. The molecule has 152 valence electrons. The van der Waals surface area contributed by atoms with Crippen molar-refractivity contribution in [1.29, 1.82) is 0 Å². The van der Waals surface area contributed by atoms with Gasteiger partial charge in [-0.15, -0.1) is 0 Å². The van der Waals surface area contributed by atoms with Crippen LogP contribution >= 0.6 is 0 Å². The van der Waals surface area contributed by atoms with E-state index < -0.39 is 6.09 Å². The first-order valence-corrected chi connectivity index (χ1v) is 9.51. The Hall–Kier alpha value is -3.95. The van der Waals surface area contributed by atoms with E-state index in [2.05, 4.69) is 15.0 Å². The lowest BCUT2D eigenvalue weighted by atomic mass is 10.2. The summed E-state index contributed by atoms with van der Waals surface area (Å²) in [6.07, 6.45) is 6.24. The largest absolute Gasteiger partial charge is 0.471 e. The maximum atomic E-state index is 11.1. The fraction of sp³-hybridized carbons (Fsp3) is 0.250. The number of carboxylic acid groups (broad SMARTS) is 1. The highest BCUT2D eigenvalue weighted by Gasteiger charge is 2.28. The van der Waals surface area contributed by atoms with Crippen molar-refractivity contribution < 1.29 is 14.6 Å². The molecule has 1 N–H and O–H groups in total. The SMILES string of the molecule is Cn1c(-c2ccc(-n3ccnc3)cc2)nc2c(O[C@H]3CCN(C(=O)O)C3)ncnc21. The lowest BCUT2D eigenvalue weighted by Crippen LogP contribution is -2.29. The number of rotatable bonds is 4. The summed E-state index contributed by atoms with van der Waals surface area (Å²) in [5.74, 6) is 1.11. The molecule has 5 rings (SSSR count). The molecule has 4 aromatic rings.